The van der Waals surface area contributed by atoms with Gasteiger partial charge >= 0.3 is 5.69 Å². The molecular formula is C19H16ClFN6O2S. The highest BCUT2D eigenvalue weighted by Crippen LogP contribution is 2.24. The third-order valence-electron chi connectivity index (χ3n) is 4.63. The van der Waals surface area contributed by atoms with Crippen molar-refractivity contribution >= 4 is 46.3 Å². The molecule has 0 fully saturated rings. The van der Waals surface area contributed by atoms with Gasteiger partial charge < -0.3 is 0 Å². The van der Waals surface area contributed by atoms with E-state index in [4.69, 9.17) is 11.6 Å². The van der Waals surface area contributed by atoms with Crippen LogP contribution in [-0.2, 0) is 20.6 Å². The number of benzene rings is 1. The second-order valence-corrected chi connectivity index (χ2v) is 7.87. The van der Waals surface area contributed by atoms with Gasteiger partial charge in [0.25, 0.3) is 5.56 Å². The van der Waals surface area contributed by atoms with Crippen LogP contribution in [0.1, 0.15) is 10.4 Å². The molecule has 11 heteroatoms. The molecule has 0 saturated heterocycles. The Bertz CT molecular complexity index is 1370. The molecule has 154 valence electrons. The van der Waals surface area contributed by atoms with Crippen LogP contribution in [0.5, 0.6) is 0 Å². The van der Waals surface area contributed by atoms with Crippen molar-refractivity contribution in [3.63, 3.8) is 0 Å². The summed E-state index contributed by atoms with van der Waals surface area (Å²) in [6.45, 7) is -0.0771. The Morgan fingerprint density at radius 3 is 2.73 bits per heavy atom. The van der Waals surface area contributed by atoms with Crippen LogP contribution in [-0.4, -0.2) is 24.9 Å². The second-order valence-electron chi connectivity index (χ2n) is 6.49. The molecule has 0 bridgehead atoms. The average molecular weight is 447 g/mol. The first kappa shape index (κ1) is 20.0. The lowest BCUT2D eigenvalue weighted by atomic mass is 10.2. The number of anilines is 1. The van der Waals surface area contributed by atoms with E-state index in [2.05, 4.69) is 15.5 Å². The van der Waals surface area contributed by atoms with Crippen molar-refractivity contribution in [3.8, 4) is 0 Å². The summed E-state index contributed by atoms with van der Waals surface area (Å²) >= 11 is 7.69. The topological polar surface area (TPSA) is 86.2 Å². The lowest BCUT2D eigenvalue weighted by Crippen LogP contribution is -2.37. The number of rotatable bonds is 5. The highest BCUT2D eigenvalue weighted by Gasteiger charge is 2.21. The molecule has 0 radical (unpaired) electrons. The minimum atomic E-state index is -0.552. The number of hydrazone groups is 1. The fourth-order valence-electron chi connectivity index (χ4n) is 3.05. The normalized spacial score (nSPS) is 11.6. The number of thiophene rings is 1. The van der Waals surface area contributed by atoms with E-state index < -0.39 is 17.1 Å². The minimum Gasteiger partial charge on any atom is -0.298 e. The summed E-state index contributed by atoms with van der Waals surface area (Å²) in [6.07, 6.45) is 1.60. The molecule has 0 saturated carbocycles. The molecule has 0 aliphatic rings. The highest BCUT2D eigenvalue weighted by molar-refractivity contribution is 7.11. The van der Waals surface area contributed by atoms with Crippen molar-refractivity contribution in [2.75, 3.05) is 5.43 Å². The van der Waals surface area contributed by atoms with Gasteiger partial charge in [-0.1, -0.05) is 23.7 Å². The number of aryl methyl sites for hydroxylation is 1. The number of fused-ring (bicyclic) bond motifs is 1. The van der Waals surface area contributed by atoms with Gasteiger partial charge in [-0.3, -0.25) is 18.5 Å². The fraction of sp³-hybridized carbons (Fsp3) is 0.158. The van der Waals surface area contributed by atoms with Gasteiger partial charge in [-0.05, 0) is 23.6 Å². The van der Waals surface area contributed by atoms with Gasteiger partial charge in [-0.25, -0.2) is 14.6 Å². The van der Waals surface area contributed by atoms with Crippen LogP contribution in [0.4, 0.5) is 10.3 Å². The Balaban J connectivity index is 1.90. The zero-order chi connectivity index (χ0) is 21.4. The first-order valence-corrected chi connectivity index (χ1v) is 10.1. The van der Waals surface area contributed by atoms with Crippen LogP contribution < -0.4 is 16.7 Å². The Hall–Kier alpha value is -3.24. The van der Waals surface area contributed by atoms with Gasteiger partial charge in [-0.2, -0.15) is 10.1 Å². The van der Waals surface area contributed by atoms with E-state index in [0.29, 0.717) is 0 Å². The van der Waals surface area contributed by atoms with Crippen LogP contribution in [0.25, 0.3) is 11.2 Å². The minimum absolute atomic E-state index is 0.0771. The lowest BCUT2D eigenvalue weighted by molar-refractivity contribution is 0.601. The molecule has 3 aromatic heterocycles. The monoisotopic (exact) mass is 446 g/mol. The number of halogens is 2. The Labute approximate surface area is 178 Å². The van der Waals surface area contributed by atoms with Crippen molar-refractivity contribution in [1.29, 1.82) is 0 Å². The fourth-order valence-corrected chi connectivity index (χ4v) is 3.85. The first-order valence-electron chi connectivity index (χ1n) is 8.80. The number of nitrogens with zero attached hydrogens (tertiary/aromatic N) is 5. The van der Waals surface area contributed by atoms with E-state index in [-0.39, 0.29) is 34.2 Å². The third-order valence-corrected chi connectivity index (χ3v) is 5.79. The maximum atomic E-state index is 14.4. The molecular weight excluding hydrogens is 431 g/mol. The second kappa shape index (κ2) is 7.88. The molecule has 0 amide bonds. The van der Waals surface area contributed by atoms with Crippen molar-refractivity contribution < 1.29 is 4.39 Å². The smallest absolute Gasteiger partial charge is 0.298 e. The van der Waals surface area contributed by atoms with Crippen LogP contribution in [0.2, 0.25) is 5.02 Å². The lowest BCUT2D eigenvalue weighted by Gasteiger charge is -2.11. The van der Waals surface area contributed by atoms with Crippen molar-refractivity contribution in [1.82, 2.24) is 18.7 Å². The van der Waals surface area contributed by atoms with Gasteiger partial charge in [0.05, 0.1) is 12.8 Å². The van der Waals surface area contributed by atoms with Crippen molar-refractivity contribution in [3.05, 3.63) is 77.8 Å². The molecule has 3 heterocycles. The molecule has 8 nitrogen and oxygen atoms in total. The summed E-state index contributed by atoms with van der Waals surface area (Å²) in [4.78, 5) is 30.4. The Morgan fingerprint density at radius 2 is 2.03 bits per heavy atom. The standard InChI is InChI=1S/C19H16ClFN6O2S/c1-25-16-15(17(28)26(2)19(25)29)27(10-12-13(20)6-3-7-14(12)21)18(23-16)24-22-9-11-5-4-8-30-11/h3-9H,10H2,1-2H3,(H,23,24)/b22-9-. The van der Waals surface area contributed by atoms with Gasteiger partial charge in [0.2, 0.25) is 5.95 Å². The van der Waals surface area contributed by atoms with Crippen LogP contribution in [0.3, 0.4) is 0 Å². The molecule has 1 N–H and O–H groups in total. The predicted molar refractivity (Wildman–Crippen MR) is 116 cm³/mol. The van der Waals surface area contributed by atoms with Gasteiger partial charge in [0, 0.05) is 29.6 Å². The van der Waals surface area contributed by atoms with Crippen LogP contribution in [0, 0.1) is 5.82 Å². The summed E-state index contributed by atoms with van der Waals surface area (Å²) in [7, 11) is 2.88. The summed E-state index contributed by atoms with van der Waals surface area (Å²) in [5.41, 5.74) is 2.20. The predicted octanol–water partition coefficient (Wildman–Crippen LogP) is 2.78. The van der Waals surface area contributed by atoms with E-state index >= 15 is 0 Å². The maximum Gasteiger partial charge on any atom is 0.332 e. The molecule has 0 atom stereocenters. The van der Waals surface area contributed by atoms with Crippen LogP contribution >= 0.6 is 22.9 Å². The van der Waals surface area contributed by atoms with E-state index in [1.165, 1.54) is 46.7 Å². The summed E-state index contributed by atoms with van der Waals surface area (Å²) in [5.74, 6) is -0.338. The van der Waals surface area contributed by atoms with Gasteiger partial charge in [0.15, 0.2) is 11.2 Å². The Kier molecular flexibility index (Phi) is 5.27. The van der Waals surface area contributed by atoms with Crippen molar-refractivity contribution in [2.24, 2.45) is 19.2 Å². The molecule has 0 spiro atoms. The van der Waals surface area contributed by atoms with E-state index in [1.54, 1.807) is 12.3 Å². The van der Waals surface area contributed by atoms with E-state index in [0.717, 1.165) is 9.44 Å². The number of hydrogen-bond acceptors (Lipinski definition) is 6. The zero-order valence-corrected chi connectivity index (χ0v) is 17.5. The van der Waals surface area contributed by atoms with E-state index in [9.17, 15) is 14.0 Å². The molecule has 0 unspecified atom stereocenters. The molecule has 4 aromatic rings. The largest absolute Gasteiger partial charge is 0.332 e. The molecule has 1 aromatic carbocycles. The number of hydrogen-bond donors (Lipinski definition) is 1. The van der Waals surface area contributed by atoms with Crippen LogP contribution in [0.15, 0.2) is 50.4 Å². The van der Waals surface area contributed by atoms with Gasteiger partial charge in [0.1, 0.15) is 5.82 Å². The molecule has 30 heavy (non-hydrogen) atoms. The first-order chi connectivity index (χ1) is 14.4. The quantitative estimate of drug-likeness (QED) is 0.377. The molecule has 0 aliphatic carbocycles. The SMILES string of the molecule is Cn1c(=O)c2c(nc(N/N=C\c3cccs3)n2Cc2c(F)cccc2Cl)n(C)c1=O. The summed E-state index contributed by atoms with van der Waals surface area (Å²) in [6, 6.07) is 8.13. The highest BCUT2D eigenvalue weighted by atomic mass is 35.5. The number of nitrogens with one attached hydrogen (secondary N) is 1. The number of aromatic nitrogens is 4. The maximum absolute atomic E-state index is 14.4. The zero-order valence-electron chi connectivity index (χ0n) is 16.0. The van der Waals surface area contributed by atoms with Gasteiger partial charge in [-0.15, -0.1) is 11.3 Å². The molecule has 4 rings (SSSR count). The molecule has 0 aliphatic heterocycles. The number of imidazole rings is 1. The Morgan fingerprint density at radius 1 is 1.23 bits per heavy atom. The summed E-state index contributed by atoms with van der Waals surface area (Å²) < 4.78 is 18.1. The van der Waals surface area contributed by atoms with E-state index in [1.807, 2.05) is 17.5 Å². The average Bonchev–Trinajstić information content (AvgIpc) is 3.36. The van der Waals surface area contributed by atoms with Crippen molar-refractivity contribution in [2.45, 2.75) is 6.54 Å². The summed E-state index contributed by atoms with van der Waals surface area (Å²) in [5, 5.41) is 6.29. The third kappa shape index (κ3) is 3.44.